The van der Waals surface area contributed by atoms with E-state index in [2.05, 4.69) is 13.8 Å². The first-order valence-electron chi connectivity index (χ1n) is 22.8. The third-order valence-electron chi connectivity index (χ3n) is 12.4. The normalized spacial score (nSPS) is 22.6. The van der Waals surface area contributed by atoms with E-state index >= 15 is 0 Å². The van der Waals surface area contributed by atoms with Crippen molar-refractivity contribution in [2.45, 2.75) is 141 Å². The van der Waals surface area contributed by atoms with Gasteiger partial charge >= 0.3 is 11.9 Å². The van der Waals surface area contributed by atoms with Crippen molar-refractivity contribution in [2.75, 3.05) is 13.2 Å². The number of aryl methyl sites for hydroxylation is 2. The van der Waals surface area contributed by atoms with Gasteiger partial charge in [-0.3, -0.25) is 0 Å². The van der Waals surface area contributed by atoms with Crippen LogP contribution >= 0.6 is 0 Å². The number of rotatable bonds is 21. The van der Waals surface area contributed by atoms with Crippen LogP contribution in [0.25, 0.3) is 0 Å². The zero-order valence-electron chi connectivity index (χ0n) is 36.7. The van der Waals surface area contributed by atoms with E-state index in [1.165, 1.54) is 0 Å². The molecule has 1 N–H and O–H groups in total. The molecule has 1 saturated heterocycles. The highest BCUT2D eigenvalue weighted by Crippen LogP contribution is 2.40. The van der Waals surface area contributed by atoms with Gasteiger partial charge in [-0.05, 0) is 129 Å². The Hall–Kier alpha value is -4.74. The molecule has 332 valence electrons. The molecule has 10 nitrogen and oxygen atoms in total. The summed E-state index contributed by atoms with van der Waals surface area (Å²) in [5.74, 6) is 1.01. The van der Waals surface area contributed by atoms with Crippen LogP contribution in [0.2, 0.25) is 0 Å². The molecule has 3 aliphatic rings. The number of benzene rings is 4. The fraction of sp³-hybridized carbons (Fsp3) is 0.500. The number of esters is 2. The Labute approximate surface area is 367 Å². The summed E-state index contributed by atoms with van der Waals surface area (Å²) in [5, 5.41) is 9.90. The van der Waals surface area contributed by atoms with E-state index in [0.29, 0.717) is 71.0 Å². The first-order chi connectivity index (χ1) is 30.2. The number of ether oxygens (including phenoxy) is 7. The lowest BCUT2D eigenvalue weighted by atomic mass is 9.88. The number of carbonyl (C=O) groups is 2. The molecule has 62 heavy (non-hydrogen) atoms. The molecule has 0 spiro atoms. The van der Waals surface area contributed by atoms with Crippen molar-refractivity contribution >= 4 is 11.9 Å². The lowest BCUT2D eigenvalue weighted by Crippen LogP contribution is -2.27. The first kappa shape index (κ1) is 45.3. The monoisotopic (exact) mass is 848 g/mol. The molecule has 3 fully saturated rings. The van der Waals surface area contributed by atoms with Crippen molar-refractivity contribution in [1.29, 1.82) is 0 Å². The van der Waals surface area contributed by atoms with Gasteiger partial charge in [0.1, 0.15) is 11.5 Å². The van der Waals surface area contributed by atoms with Crippen molar-refractivity contribution in [1.82, 2.24) is 0 Å². The largest absolute Gasteiger partial charge is 0.465 e. The topological polar surface area (TPSA) is 122 Å². The summed E-state index contributed by atoms with van der Waals surface area (Å²) in [6.45, 7) is 9.22. The number of carbonyl (C=O) groups excluding carboxylic acids is 2. The predicted octanol–water partition coefficient (Wildman–Crippen LogP) is 11.0. The second-order valence-electron chi connectivity index (χ2n) is 17.3. The molecule has 0 bridgehead atoms. The van der Waals surface area contributed by atoms with Gasteiger partial charge < -0.3 is 38.3 Å². The van der Waals surface area contributed by atoms with Crippen LogP contribution in [0.4, 0.5) is 0 Å². The van der Waals surface area contributed by atoms with Crippen molar-refractivity contribution < 1.29 is 47.9 Å². The van der Waals surface area contributed by atoms with Gasteiger partial charge in [0.15, 0.2) is 24.8 Å². The lowest BCUT2D eigenvalue weighted by Gasteiger charge is -2.28. The SMILES string of the molecule is CCCC(OCC1CCC(O)CC1)Oc1ccc(C(=O)OC(c2ccccc2)C(OC(=O)c2ccc(OC(CCC)OCC3CCC4OC4C3)c(C)c2)c2ccccc2)cc1C. The molecule has 7 unspecified atom stereocenters. The van der Waals surface area contributed by atoms with Crippen LogP contribution in [-0.2, 0) is 23.7 Å². The van der Waals surface area contributed by atoms with Crippen LogP contribution in [0.5, 0.6) is 11.5 Å². The summed E-state index contributed by atoms with van der Waals surface area (Å²) < 4.78 is 43.7. The number of hydrogen-bond acceptors (Lipinski definition) is 10. The molecule has 10 heteroatoms. The molecular formula is C52H64O10. The van der Waals surface area contributed by atoms with E-state index in [1.54, 1.807) is 36.4 Å². The average Bonchev–Trinajstić information content (AvgIpc) is 4.07. The van der Waals surface area contributed by atoms with Crippen LogP contribution in [0.15, 0.2) is 97.1 Å². The number of aliphatic hydroxyl groups excluding tert-OH is 1. The van der Waals surface area contributed by atoms with Crippen molar-refractivity contribution in [3.05, 3.63) is 130 Å². The summed E-state index contributed by atoms with van der Waals surface area (Å²) in [5.41, 5.74) is 3.56. The minimum Gasteiger partial charge on any atom is -0.465 e. The lowest BCUT2D eigenvalue weighted by molar-refractivity contribution is -0.101. The van der Waals surface area contributed by atoms with Gasteiger partial charge in [0, 0.05) is 12.8 Å². The number of epoxide rings is 1. The van der Waals surface area contributed by atoms with Gasteiger partial charge in [-0.2, -0.15) is 0 Å². The molecule has 1 aliphatic heterocycles. The maximum Gasteiger partial charge on any atom is 0.338 e. The number of aliphatic hydroxyl groups is 1. The highest BCUT2D eigenvalue weighted by molar-refractivity contribution is 5.91. The van der Waals surface area contributed by atoms with E-state index in [4.69, 9.17) is 33.2 Å². The quantitative estimate of drug-likeness (QED) is 0.0492. The van der Waals surface area contributed by atoms with E-state index in [-0.39, 0.29) is 6.10 Å². The second kappa shape index (κ2) is 22.1. The number of hydrogen-bond donors (Lipinski definition) is 1. The zero-order chi connectivity index (χ0) is 43.4. The minimum absolute atomic E-state index is 0.208. The Balaban J connectivity index is 1.04. The molecule has 0 radical (unpaired) electrons. The molecule has 1 heterocycles. The van der Waals surface area contributed by atoms with Crippen LogP contribution in [0.1, 0.15) is 140 Å². The highest BCUT2D eigenvalue weighted by Gasteiger charge is 2.44. The average molecular weight is 849 g/mol. The van der Waals surface area contributed by atoms with E-state index < -0.39 is 36.7 Å². The van der Waals surface area contributed by atoms with Gasteiger partial charge in [0.05, 0.1) is 42.7 Å². The fourth-order valence-electron chi connectivity index (χ4n) is 8.62. The Bertz CT molecular complexity index is 2030. The zero-order valence-corrected chi connectivity index (χ0v) is 36.7. The van der Waals surface area contributed by atoms with E-state index in [9.17, 15) is 14.7 Å². The minimum atomic E-state index is -0.980. The second-order valence-corrected chi connectivity index (χ2v) is 17.3. The predicted molar refractivity (Wildman–Crippen MR) is 236 cm³/mol. The van der Waals surface area contributed by atoms with Gasteiger partial charge in [-0.15, -0.1) is 0 Å². The molecular weight excluding hydrogens is 785 g/mol. The van der Waals surface area contributed by atoms with Crippen LogP contribution in [0, 0.1) is 25.7 Å². The summed E-state index contributed by atoms with van der Waals surface area (Å²) in [4.78, 5) is 28.2. The Morgan fingerprint density at radius 2 is 1.08 bits per heavy atom. The summed E-state index contributed by atoms with van der Waals surface area (Å²) >= 11 is 0. The number of fused-ring (bicyclic) bond motifs is 1. The molecule has 7 rings (SSSR count). The third kappa shape index (κ3) is 12.5. The third-order valence-corrected chi connectivity index (χ3v) is 12.4. The van der Waals surface area contributed by atoms with E-state index in [0.717, 1.165) is 81.8 Å². The molecule has 0 aromatic heterocycles. The van der Waals surface area contributed by atoms with Crippen LogP contribution in [0.3, 0.4) is 0 Å². The van der Waals surface area contributed by atoms with Gasteiger partial charge in [-0.1, -0.05) is 87.4 Å². The molecule has 4 aromatic rings. The van der Waals surface area contributed by atoms with Crippen LogP contribution < -0.4 is 9.47 Å². The van der Waals surface area contributed by atoms with E-state index in [1.807, 2.05) is 74.5 Å². The van der Waals surface area contributed by atoms with Crippen molar-refractivity contribution in [2.24, 2.45) is 11.8 Å². The maximum absolute atomic E-state index is 14.1. The summed E-state index contributed by atoms with van der Waals surface area (Å²) in [6, 6.07) is 29.2. The summed E-state index contributed by atoms with van der Waals surface area (Å²) in [7, 11) is 0. The molecule has 2 saturated carbocycles. The van der Waals surface area contributed by atoms with Crippen LogP contribution in [-0.4, -0.2) is 61.2 Å². The van der Waals surface area contributed by atoms with Gasteiger partial charge in [-0.25, -0.2) is 9.59 Å². The first-order valence-corrected chi connectivity index (χ1v) is 22.8. The van der Waals surface area contributed by atoms with Crippen molar-refractivity contribution in [3.63, 3.8) is 0 Å². The summed E-state index contributed by atoms with van der Waals surface area (Å²) in [6.07, 6.45) is 7.88. The Morgan fingerprint density at radius 3 is 1.53 bits per heavy atom. The smallest absolute Gasteiger partial charge is 0.338 e. The fourth-order valence-corrected chi connectivity index (χ4v) is 8.62. The molecule has 0 amide bonds. The van der Waals surface area contributed by atoms with Gasteiger partial charge in [0.25, 0.3) is 0 Å². The molecule has 2 aliphatic carbocycles. The molecule has 4 aromatic carbocycles. The standard InChI is InChI=1S/C52H64O10/c1-5-13-47(56-32-36-19-24-42(53)25-20-36)59-43-27-22-40(29-34(43)3)51(54)61-49(38-15-9-7-10-16-38)50(39-17-11-8-12-18-39)62-52(55)41-23-28-44(35(4)30-41)60-48(14-6-2)57-33-37-21-26-45-46(31-37)58-45/h7-12,15-18,22-23,27-30,36-37,42,45-50,53H,5-6,13-14,19-21,24-26,31-33H2,1-4H3. The van der Waals surface area contributed by atoms with Crippen molar-refractivity contribution in [3.8, 4) is 11.5 Å². The Kier molecular flexibility index (Phi) is 16.1. The Morgan fingerprint density at radius 1 is 0.613 bits per heavy atom. The van der Waals surface area contributed by atoms with Gasteiger partial charge in [0.2, 0.25) is 0 Å². The maximum atomic E-state index is 14.1. The molecule has 7 atom stereocenters. The highest BCUT2D eigenvalue weighted by atomic mass is 16.7.